The fourth-order valence-corrected chi connectivity index (χ4v) is 8.85. The maximum Gasteiger partial charge on any atom is 0.0682 e. The Labute approximate surface area is 185 Å². The largest absolute Gasteiger partial charge is 0.393 e. The number of allylic oxidation sites excluding steroid dienone is 1. The van der Waals surface area contributed by atoms with Gasteiger partial charge in [0.05, 0.1) is 11.7 Å². The lowest BCUT2D eigenvalue weighted by Crippen LogP contribution is -2.52. The van der Waals surface area contributed by atoms with Crippen molar-refractivity contribution in [2.45, 2.75) is 123 Å². The van der Waals surface area contributed by atoms with E-state index in [4.69, 9.17) is 0 Å². The Morgan fingerprint density at radius 1 is 1.03 bits per heavy atom. The third kappa shape index (κ3) is 3.62. The highest BCUT2D eigenvalue weighted by atomic mass is 16.3. The third-order valence-electron chi connectivity index (χ3n) is 11.1. The monoisotopic (exact) mass is 416 g/mol. The van der Waals surface area contributed by atoms with Crippen molar-refractivity contribution in [1.29, 1.82) is 0 Å². The van der Waals surface area contributed by atoms with Gasteiger partial charge in [-0.15, -0.1) is 0 Å². The third-order valence-corrected chi connectivity index (χ3v) is 11.1. The van der Waals surface area contributed by atoms with Crippen LogP contribution in [0.3, 0.4) is 0 Å². The van der Waals surface area contributed by atoms with Crippen LogP contribution in [-0.2, 0) is 0 Å². The highest BCUT2D eigenvalue weighted by molar-refractivity contribution is 5.27. The lowest BCUT2D eigenvalue weighted by atomic mass is 9.46. The second kappa shape index (κ2) is 8.22. The molecule has 4 aliphatic rings. The minimum absolute atomic E-state index is 0.108. The molecule has 0 aliphatic heterocycles. The summed E-state index contributed by atoms with van der Waals surface area (Å²) in [7, 11) is 0. The molecule has 4 rings (SSSR count). The van der Waals surface area contributed by atoms with Crippen LogP contribution in [0.1, 0.15) is 112 Å². The van der Waals surface area contributed by atoms with Crippen molar-refractivity contribution in [3.8, 4) is 0 Å². The maximum atomic E-state index is 11.0. The summed E-state index contributed by atoms with van der Waals surface area (Å²) >= 11 is 0. The minimum atomic E-state index is -0.446. The molecule has 2 heteroatoms. The fraction of sp³-hybridized carbons (Fsp3) is 0.929. The van der Waals surface area contributed by atoms with E-state index >= 15 is 0 Å². The van der Waals surface area contributed by atoms with Crippen molar-refractivity contribution in [1.82, 2.24) is 0 Å². The first-order valence-corrected chi connectivity index (χ1v) is 13.3. The number of aliphatic hydroxyl groups is 2. The Kier molecular flexibility index (Phi) is 6.26. The van der Waals surface area contributed by atoms with Gasteiger partial charge in [0, 0.05) is 0 Å². The number of hydrogen-bond donors (Lipinski definition) is 2. The predicted octanol–water partition coefficient (Wildman–Crippen LogP) is 6.89. The van der Waals surface area contributed by atoms with Gasteiger partial charge in [-0.3, -0.25) is 0 Å². The average molecular weight is 417 g/mol. The molecule has 3 saturated carbocycles. The first-order chi connectivity index (χ1) is 14.2. The molecule has 9 atom stereocenters. The molecule has 4 aliphatic carbocycles. The smallest absolute Gasteiger partial charge is 0.0682 e. The van der Waals surface area contributed by atoms with Crippen LogP contribution in [-0.4, -0.2) is 21.9 Å². The maximum absolute atomic E-state index is 11.0. The standard InChI is InChI=1S/C28H48O2/c1-6-21(29)10-8-19(3)23-12-13-24-22-11-9-20-18-28(30,7-2)17-16-26(20,4)25(22)14-15-27(23,24)5/h9,19,21-25,29-30H,6-8,10-18H2,1-5H3/t19-,21-,22+,23-,24+,25+,26+,27-,28+/m1/s1. The summed E-state index contributed by atoms with van der Waals surface area (Å²) in [6, 6.07) is 0. The van der Waals surface area contributed by atoms with Crippen LogP contribution in [0.25, 0.3) is 0 Å². The van der Waals surface area contributed by atoms with E-state index in [1.807, 2.05) is 0 Å². The van der Waals surface area contributed by atoms with Crippen molar-refractivity contribution >= 4 is 0 Å². The Balaban J connectivity index is 1.51. The number of fused-ring (bicyclic) bond motifs is 5. The zero-order valence-electron chi connectivity index (χ0n) is 20.4. The van der Waals surface area contributed by atoms with E-state index in [9.17, 15) is 10.2 Å². The molecule has 3 fully saturated rings. The van der Waals surface area contributed by atoms with Gasteiger partial charge in [0.2, 0.25) is 0 Å². The van der Waals surface area contributed by atoms with E-state index in [2.05, 4.69) is 40.7 Å². The highest BCUT2D eigenvalue weighted by Crippen LogP contribution is 2.67. The molecule has 0 aromatic carbocycles. The minimum Gasteiger partial charge on any atom is -0.393 e. The van der Waals surface area contributed by atoms with Gasteiger partial charge in [0.15, 0.2) is 0 Å². The summed E-state index contributed by atoms with van der Waals surface area (Å²) < 4.78 is 0. The Bertz CT molecular complexity index is 655. The van der Waals surface area contributed by atoms with E-state index in [1.54, 1.807) is 5.57 Å². The average Bonchev–Trinajstić information content (AvgIpc) is 3.09. The van der Waals surface area contributed by atoms with Crippen LogP contribution in [0.15, 0.2) is 11.6 Å². The second-order valence-electron chi connectivity index (χ2n) is 12.4. The van der Waals surface area contributed by atoms with Crippen molar-refractivity contribution < 1.29 is 10.2 Å². The van der Waals surface area contributed by atoms with E-state index in [0.29, 0.717) is 10.8 Å². The molecule has 2 N–H and O–H groups in total. The van der Waals surface area contributed by atoms with Crippen LogP contribution in [0, 0.1) is 40.4 Å². The van der Waals surface area contributed by atoms with Gasteiger partial charge in [-0.1, -0.05) is 46.3 Å². The summed E-state index contributed by atoms with van der Waals surface area (Å²) in [4.78, 5) is 0. The quantitative estimate of drug-likeness (QED) is 0.463. The molecule has 0 heterocycles. The van der Waals surface area contributed by atoms with Crippen LogP contribution >= 0.6 is 0 Å². The van der Waals surface area contributed by atoms with E-state index in [1.165, 1.54) is 44.9 Å². The summed E-state index contributed by atoms with van der Waals surface area (Å²) in [5.74, 6) is 4.12. The molecule has 0 aromatic heterocycles. The molecular formula is C28H48O2. The Hall–Kier alpha value is -0.340. The fourth-order valence-electron chi connectivity index (χ4n) is 8.85. The van der Waals surface area contributed by atoms with Crippen molar-refractivity contribution in [3.05, 3.63) is 11.6 Å². The number of aliphatic hydroxyl groups excluding tert-OH is 1. The molecule has 0 radical (unpaired) electrons. The van der Waals surface area contributed by atoms with Crippen LogP contribution < -0.4 is 0 Å². The summed E-state index contributed by atoms with van der Waals surface area (Å²) in [6.07, 6.45) is 16.4. The van der Waals surface area contributed by atoms with E-state index < -0.39 is 5.60 Å². The summed E-state index contributed by atoms with van der Waals surface area (Å²) in [5.41, 5.74) is 1.98. The highest BCUT2D eigenvalue weighted by Gasteiger charge is 2.59. The number of hydrogen-bond acceptors (Lipinski definition) is 2. The zero-order valence-corrected chi connectivity index (χ0v) is 20.4. The van der Waals surface area contributed by atoms with Gasteiger partial charge in [-0.05, 0) is 117 Å². The Morgan fingerprint density at radius 3 is 2.50 bits per heavy atom. The van der Waals surface area contributed by atoms with Crippen molar-refractivity contribution in [3.63, 3.8) is 0 Å². The molecule has 30 heavy (non-hydrogen) atoms. The van der Waals surface area contributed by atoms with E-state index in [0.717, 1.165) is 61.7 Å². The molecule has 172 valence electrons. The molecule has 0 amide bonds. The lowest BCUT2D eigenvalue weighted by molar-refractivity contribution is -0.0757. The Morgan fingerprint density at radius 2 is 1.80 bits per heavy atom. The molecule has 0 aromatic rings. The predicted molar refractivity (Wildman–Crippen MR) is 125 cm³/mol. The number of rotatable bonds is 6. The second-order valence-corrected chi connectivity index (χ2v) is 12.4. The topological polar surface area (TPSA) is 40.5 Å². The SMILES string of the molecule is CC[C@@H](O)CC[C@@H](C)[C@H]1CC[C@H]2[C@@H]3CC=C4C[C@](O)(CC)CC[C@]4(C)[C@H]3CC[C@]12C. The van der Waals surface area contributed by atoms with Crippen LogP contribution in [0.2, 0.25) is 0 Å². The molecule has 0 unspecified atom stereocenters. The molecule has 0 bridgehead atoms. The zero-order chi connectivity index (χ0) is 21.7. The van der Waals surface area contributed by atoms with Gasteiger partial charge in [-0.25, -0.2) is 0 Å². The van der Waals surface area contributed by atoms with Gasteiger partial charge < -0.3 is 10.2 Å². The van der Waals surface area contributed by atoms with Crippen molar-refractivity contribution in [2.75, 3.05) is 0 Å². The van der Waals surface area contributed by atoms with Gasteiger partial charge in [0.25, 0.3) is 0 Å². The van der Waals surface area contributed by atoms with Crippen LogP contribution in [0.5, 0.6) is 0 Å². The molecule has 0 saturated heterocycles. The first kappa shape index (κ1) is 22.8. The van der Waals surface area contributed by atoms with Gasteiger partial charge >= 0.3 is 0 Å². The van der Waals surface area contributed by atoms with Gasteiger partial charge in [0.1, 0.15) is 0 Å². The normalized spacial score (nSPS) is 47.6. The van der Waals surface area contributed by atoms with Crippen LogP contribution in [0.4, 0.5) is 0 Å². The van der Waals surface area contributed by atoms with Crippen molar-refractivity contribution in [2.24, 2.45) is 40.4 Å². The van der Waals surface area contributed by atoms with E-state index in [-0.39, 0.29) is 6.10 Å². The van der Waals surface area contributed by atoms with Gasteiger partial charge in [-0.2, -0.15) is 0 Å². The summed E-state index contributed by atoms with van der Waals surface area (Å²) in [5, 5.41) is 21.0. The molecule has 0 spiro atoms. The lowest BCUT2D eigenvalue weighted by Gasteiger charge is -2.59. The summed E-state index contributed by atoms with van der Waals surface area (Å²) in [6.45, 7) is 11.9. The molecule has 2 nitrogen and oxygen atoms in total. The first-order valence-electron chi connectivity index (χ1n) is 13.3. The molecular weight excluding hydrogens is 368 g/mol.